The Kier molecular flexibility index (Phi) is 9.31. The third kappa shape index (κ3) is 7.49. The van der Waals surface area contributed by atoms with Gasteiger partial charge in [-0.3, -0.25) is 4.79 Å². The molecule has 0 aliphatic carbocycles. The molecule has 0 heterocycles. The molecule has 1 rings (SSSR count). The van der Waals surface area contributed by atoms with Gasteiger partial charge in [-0.25, -0.2) is 0 Å². The molecule has 120 valence electrons. The lowest BCUT2D eigenvalue weighted by Crippen LogP contribution is -2.39. The average molecular weight is 313 g/mol. The van der Waals surface area contributed by atoms with Crippen molar-refractivity contribution < 1.29 is 4.79 Å². The first-order chi connectivity index (χ1) is 9.40. The van der Waals surface area contributed by atoms with Crippen LogP contribution >= 0.6 is 12.4 Å². The fourth-order valence-corrected chi connectivity index (χ4v) is 2.16. The van der Waals surface area contributed by atoms with Gasteiger partial charge in [-0.15, -0.1) is 12.4 Å². The van der Waals surface area contributed by atoms with Gasteiger partial charge >= 0.3 is 0 Å². The molecular weight excluding hydrogens is 284 g/mol. The molecule has 4 heteroatoms. The van der Waals surface area contributed by atoms with E-state index in [1.54, 1.807) is 0 Å². The molecule has 0 spiro atoms. The quantitative estimate of drug-likeness (QED) is 0.805. The first kappa shape index (κ1) is 19.9. The first-order valence-electron chi connectivity index (χ1n) is 7.52. The molecule has 0 bridgehead atoms. The van der Waals surface area contributed by atoms with Gasteiger partial charge in [-0.1, -0.05) is 56.5 Å². The van der Waals surface area contributed by atoms with E-state index in [1.165, 1.54) is 12.0 Å². The van der Waals surface area contributed by atoms with Crippen molar-refractivity contribution in [1.29, 1.82) is 0 Å². The second kappa shape index (κ2) is 9.80. The summed E-state index contributed by atoms with van der Waals surface area (Å²) in [6.45, 7) is 8.50. The van der Waals surface area contributed by atoms with E-state index >= 15 is 0 Å². The summed E-state index contributed by atoms with van der Waals surface area (Å²) in [7, 11) is 0. The largest absolute Gasteiger partial charge is 0.352 e. The monoisotopic (exact) mass is 312 g/mol. The number of carbonyl (C=O) groups excluding carboxylic acids is 1. The predicted octanol–water partition coefficient (Wildman–Crippen LogP) is 3.75. The number of amides is 1. The zero-order valence-corrected chi connectivity index (χ0v) is 14.4. The molecule has 0 aliphatic heterocycles. The standard InChI is InChI=1S/C17H28N2O.ClH/c1-12(2)6-5-7-14(4)19-17(20)16(18)15-10-8-13(3)9-11-15;/h8-12,14,16H,5-7,18H2,1-4H3,(H,19,20);1H. The molecule has 3 N–H and O–H groups in total. The van der Waals surface area contributed by atoms with Crippen LogP contribution in [0.2, 0.25) is 0 Å². The number of hydrogen-bond acceptors (Lipinski definition) is 2. The summed E-state index contributed by atoms with van der Waals surface area (Å²) in [4.78, 5) is 12.1. The Morgan fingerprint density at radius 2 is 1.71 bits per heavy atom. The fraction of sp³-hybridized carbons (Fsp3) is 0.588. The van der Waals surface area contributed by atoms with Crippen molar-refractivity contribution in [3.63, 3.8) is 0 Å². The molecule has 0 fully saturated rings. The van der Waals surface area contributed by atoms with Crippen molar-refractivity contribution in [2.75, 3.05) is 0 Å². The highest BCUT2D eigenvalue weighted by Gasteiger charge is 2.17. The highest BCUT2D eigenvalue weighted by Crippen LogP contribution is 2.13. The summed E-state index contributed by atoms with van der Waals surface area (Å²) < 4.78 is 0. The Hall–Kier alpha value is -1.06. The minimum Gasteiger partial charge on any atom is -0.352 e. The van der Waals surface area contributed by atoms with E-state index in [0.29, 0.717) is 5.92 Å². The van der Waals surface area contributed by atoms with Gasteiger partial charge in [0.25, 0.3) is 0 Å². The lowest BCUT2D eigenvalue weighted by atomic mass is 10.0. The molecule has 0 saturated carbocycles. The van der Waals surface area contributed by atoms with Gasteiger partial charge in [0.1, 0.15) is 6.04 Å². The second-order valence-corrected chi connectivity index (χ2v) is 6.12. The van der Waals surface area contributed by atoms with Crippen LogP contribution in [0.25, 0.3) is 0 Å². The molecular formula is C17H29ClN2O. The van der Waals surface area contributed by atoms with Crippen LogP contribution < -0.4 is 11.1 Å². The summed E-state index contributed by atoms with van der Waals surface area (Å²) in [5, 5.41) is 3.00. The number of aryl methyl sites for hydroxylation is 1. The molecule has 1 amide bonds. The SMILES string of the molecule is Cc1ccc(C(N)C(=O)NC(C)CCCC(C)C)cc1.Cl. The lowest BCUT2D eigenvalue weighted by molar-refractivity contribution is -0.123. The Bertz CT molecular complexity index is 417. The van der Waals surface area contributed by atoms with Crippen molar-refractivity contribution in [2.24, 2.45) is 11.7 Å². The summed E-state index contributed by atoms with van der Waals surface area (Å²) in [5.74, 6) is 0.624. The van der Waals surface area contributed by atoms with Gasteiger partial charge in [-0.2, -0.15) is 0 Å². The molecule has 21 heavy (non-hydrogen) atoms. The van der Waals surface area contributed by atoms with Gasteiger partial charge in [0.15, 0.2) is 0 Å². The van der Waals surface area contributed by atoms with Crippen LogP contribution in [0.1, 0.15) is 57.2 Å². The van der Waals surface area contributed by atoms with Crippen LogP contribution in [-0.2, 0) is 4.79 Å². The number of hydrogen-bond donors (Lipinski definition) is 2. The highest BCUT2D eigenvalue weighted by molar-refractivity contribution is 5.85. The van der Waals surface area contributed by atoms with Gasteiger partial charge < -0.3 is 11.1 Å². The van der Waals surface area contributed by atoms with Crippen LogP contribution in [-0.4, -0.2) is 11.9 Å². The molecule has 2 unspecified atom stereocenters. The van der Waals surface area contributed by atoms with E-state index in [4.69, 9.17) is 5.73 Å². The molecule has 1 aromatic carbocycles. The number of nitrogens with two attached hydrogens (primary N) is 1. The van der Waals surface area contributed by atoms with Gasteiger partial charge in [0.2, 0.25) is 5.91 Å². The van der Waals surface area contributed by atoms with E-state index in [-0.39, 0.29) is 24.4 Å². The molecule has 0 saturated heterocycles. The van der Waals surface area contributed by atoms with Crippen LogP contribution in [0, 0.1) is 12.8 Å². The maximum Gasteiger partial charge on any atom is 0.241 e. The zero-order chi connectivity index (χ0) is 15.1. The van der Waals surface area contributed by atoms with Crippen molar-refractivity contribution in [1.82, 2.24) is 5.32 Å². The summed E-state index contributed by atoms with van der Waals surface area (Å²) in [6.07, 6.45) is 3.34. The van der Waals surface area contributed by atoms with E-state index < -0.39 is 6.04 Å². The topological polar surface area (TPSA) is 55.1 Å². The smallest absolute Gasteiger partial charge is 0.241 e. The minimum atomic E-state index is -0.580. The van der Waals surface area contributed by atoms with Crippen molar-refractivity contribution in [3.05, 3.63) is 35.4 Å². The molecule has 0 aromatic heterocycles. The van der Waals surface area contributed by atoms with E-state index in [0.717, 1.165) is 18.4 Å². The molecule has 1 aromatic rings. The van der Waals surface area contributed by atoms with Crippen LogP contribution in [0.3, 0.4) is 0 Å². The number of carbonyl (C=O) groups is 1. The second-order valence-electron chi connectivity index (χ2n) is 6.12. The Morgan fingerprint density at radius 1 is 1.14 bits per heavy atom. The first-order valence-corrected chi connectivity index (χ1v) is 7.52. The molecule has 0 radical (unpaired) electrons. The third-order valence-electron chi connectivity index (χ3n) is 3.53. The highest BCUT2D eigenvalue weighted by atomic mass is 35.5. The summed E-state index contributed by atoms with van der Waals surface area (Å²) >= 11 is 0. The zero-order valence-electron chi connectivity index (χ0n) is 13.6. The molecule has 0 aliphatic rings. The van der Waals surface area contributed by atoms with Crippen molar-refractivity contribution in [3.8, 4) is 0 Å². The van der Waals surface area contributed by atoms with Crippen LogP contribution in [0.4, 0.5) is 0 Å². The maximum atomic E-state index is 12.1. The third-order valence-corrected chi connectivity index (χ3v) is 3.53. The van der Waals surface area contributed by atoms with Gasteiger partial charge in [0, 0.05) is 6.04 Å². The number of nitrogens with one attached hydrogen (secondary N) is 1. The van der Waals surface area contributed by atoms with Crippen molar-refractivity contribution in [2.45, 2.75) is 59.0 Å². The lowest BCUT2D eigenvalue weighted by Gasteiger charge is -2.18. The summed E-state index contributed by atoms with van der Waals surface area (Å²) in [6, 6.07) is 7.40. The number of halogens is 1. The predicted molar refractivity (Wildman–Crippen MR) is 91.6 cm³/mol. The fourth-order valence-electron chi connectivity index (χ4n) is 2.16. The summed E-state index contributed by atoms with van der Waals surface area (Å²) in [5.41, 5.74) is 8.03. The van der Waals surface area contributed by atoms with Crippen molar-refractivity contribution >= 4 is 18.3 Å². The number of rotatable bonds is 7. The van der Waals surface area contributed by atoms with E-state index in [1.807, 2.05) is 38.1 Å². The van der Waals surface area contributed by atoms with Crippen LogP contribution in [0.5, 0.6) is 0 Å². The number of benzene rings is 1. The molecule has 2 atom stereocenters. The van der Waals surface area contributed by atoms with Crippen LogP contribution in [0.15, 0.2) is 24.3 Å². The van der Waals surface area contributed by atoms with Gasteiger partial charge in [-0.05, 0) is 31.7 Å². The van der Waals surface area contributed by atoms with E-state index in [2.05, 4.69) is 19.2 Å². The Morgan fingerprint density at radius 3 is 2.24 bits per heavy atom. The maximum absolute atomic E-state index is 12.1. The molecule has 3 nitrogen and oxygen atoms in total. The average Bonchev–Trinajstić information content (AvgIpc) is 2.38. The Labute approximate surface area is 135 Å². The van der Waals surface area contributed by atoms with Gasteiger partial charge in [0.05, 0.1) is 0 Å². The normalized spacial score (nSPS) is 13.4. The minimum absolute atomic E-state index is 0. The Balaban J connectivity index is 0.00000400. The van der Waals surface area contributed by atoms with E-state index in [9.17, 15) is 4.79 Å².